The van der Waals surface area contributed by atoms with Crippen molar-refractivity contribution < 1.29 is 19.0 Å². The Hall–Kier alpha value is -3.03. The van der Waals surface area contributed by atoms with Gasteiger partial charge in [0.05, 0.1) is 33.9 Å². The second-order valence-corrected chi connectivity index (χ2v) is 7.65. The molecule has 2 heterocycles. The monoisotopic (exact) mass is 423 g/mol. The van der Waals surface area contributed by atoms with Gasteiger partial charge < -0.3 is 24.1 Å². The highest BCUT2D eigenvalue weighted by Gasteiger charge is 2.12. The second kappa shape index (κ2) is 9.85. The Kier molecular flexibility index (Phi) is 6.74. The van der Waals surface area contributed by atoms with Gasteiger partial charge in [-0.1, -0.05) is 6.07 Å². The van der Waals surface area contributed by atoms with E-state index in [-0.39, 0.29) is 12.3 Å². The quantitative estimate of drug-likeness (QED) is 0.603. The minimum Gasteiger partial charge on any atom is -0.493 e. The average molecular weight is 424 g/mol. The zero-order valence-corrected chi connectivity index (χ0v) is 18.1. The summed E-state index contributed by atoms with van der Waals surface area (Å²) in [5, 5.41) is 4.12. The third-order valence-corrected chi connectivity index (χ3v) is 5.63. The lowest BCUT2D eigenvalue weighted by atomic mass is 10.1. The maximum absolute atomic E-state index is 12.6. The molecule has 31 heavy (non-hydrogen) atoms. The molecule has 0 aliphatic carbocycles. The van der Waals surface area contributed by atoms with E-state index in [1.165, 1.54) is 5.52 Å². The van der Waals surface area contributed by atoms with Crippen LogP contribution >= 0.6 is 0 Å². The molecule has 0 atom stereocenters. The van der Waals surface area contributed by atoms with Crippen LogP contribution in [-0.4, -0.2) is 62.4 Å². The van der Waals surface area contributed by atoms with Gasteiger partial charge in [0.2, 0.25) is 5.91 Å². The molecule has 7 nitrogen and oxygen atoms in total. The Balaban J connectivity index is 1.38. The number of morpholine rings is 1. The maximum atomic E-state index is 12.6. The summed E-state index contributed by atoms with van der Waals surface area (Å²) in [5.41, 5.74) is 2.83. The fourth-order valence-corrected chi connectivity index (χ4v) is 3.93. The summed E-state index contributed by atoms with van der Waals surface area (Å²) in [4.78, 5) is 15.0. The summed E-state index contributed by atoms with van der Waals surface area (Å²) in [5.74, 6) is 1.20. The molecule has 1 fully saturated rings. The SMILES string of the molecule is COc1ccc(CC(=O)Nc2ccc3c(ccn3CCN3CCOCC3)c2)cc1OC. The molecule has 164 valence electrons. The largest absolute Gasteiger partial charge is 0.493 e. The van der Waals surface area contributed by atoms with Crippen molar-refractivity contribution in [2.24, 2.45) is 0 Å². The van der Waals surface area contributed by atoms with E-state index in [2.05, 4.69) is 33.1 Å². The van der Waals surface area contributed by atoms with Gasteiger partial charge in [0.1, 0.15) is 0 Å². The van der Waals surface area contributed by atoms with Crippen molar-refractivity contribution in [3.05, 3.63) is 54.2 Å². The first-order valence-corrected chi connectivity index (χ1v) is 10.6. The van der Waals surface area contributed by atoms with Gasteiger partial charge in [-0.3, -0.25) is 9.69 Å². The minimum absolute atomic E-state index is 0.0710. The van der Waals surface area contributed by atoms with E-state index in [9.17, 15) is 4.79 Å². The first-order chi connectivity index (χ1) is 15.2. The van der Waals surface area contributed by atoms with Gasteiger partial charge in [-0.05, 0) is 42.0 Å². The lowest BCUT2D eigenvalue weighted by molar-refractivity contribution is -0.115. The Labute approximate surface area is 182 Å². The molecular formula is C24H29N3O4. The highest BCUT2D eigenvalue weighted by atomic mass is 16.5. The standard InChI is InChI=1S/C24H29N3O4/c1-29-22-6-3-18(15-23(22)30-2)16-24(28)25-20-4-5-21-19(17-20)7-8-27(21)10-9-26-11-13-31-14-12-26/h3-8,15,17H,9-14,16H2,1-2H3,(H,25,28). The predicted octanol–water partition coefficient (Wildman–Crippen LogP) is 3.17. The van der Waals surface area contributed by atoms with E-state index in [0.717, 1.165) is 56.0 Å². The number of nitrogens with zero attached hydrogens (tertiary/aromatic N) is 2. The molecule has 1 N–H and O–H groups in total. The zero-order valence-electron chi connectivity index (χ0n) is 18.1. The lowest BCUT2D eigenvalue weighted by Gasteiger charge is -2.26. The van der Waals surface area contributed by atoms with Crippen molar-refractivity contribution in [2.75, 3.05) is 52.4 Å². The molecule has 3 aromatic rings. The van der Waals surface area contributed by atoms with Gasteiger partial charge in [0, 0.05) is 49.0 Å². The molecule has 2 aromatic carbocycles. The Morgan fingerprint density at radius 2 is 1.81 bits per heavy atom. The van der Waals surface area contributed by atoms with Gasteiger partial charge in [-0.2, -0.15) is 0 Å². The molecule has 7 heteroatoms. The van der Waals surface area contributed by atoms with Crippen LogP contribution in [0.25, 0.3) is 10.9 Å². The first kappa shape index (κ1) is 21.2. The van der Waals surface area contributed by atoms with Crippen LogP contribution in [0.1, 0.15) is 5.56 Å². The molecule has 1 aliphatic rings. The number of ether oxygens (including phenoxy) is 3. The van der Waals surface area contributed by atoms with Crippen molar-refractivity contribution in [2.45, 2.75) is 13.0 Å². The number of nitrogens with one attached hydrogen (secondary N) is 1. The number of carbonyl (C=O) groups excluding carboxylic acids is 1. The lowest BCUT2D eigenvalue weighted by Crippen LogP contribution is -2.38. The van der Waals surface area contributed by atoms with Crippen molar-refractivity contribution in [1.29, 1.82) is 0 Å². The molecule has 1 saturated heterocycles. The molecule has 0 saturated carbocycles. The van der Waals surface area contributed by atoms with E-state index in [0.29, 0.717) is 11.5 Å². The third kappa shape index (κ3) is 5.18. The van der Waals surface area contributed by atoms with Gasteiger partial charge in [-0.25, -0.2) is 0 Å². The molecule has 1 aromatic heterocycles. The molecule has 1 amide bonds. The number of rotatable bonds is 8. The summed E-state index contributed by atoms with van der Waals surface area (Å²) < 4.78 is 18.2. The molecular weight excluding hydrogens is 394 g/mol. The smallest absolute Gasteiger partial charge is 0.228 e. The van der Waals surface area contributed by atoms with Crippen LogP contribution in [0, 0.1) is 0 Å². The highest BCUT2D eigenvalue weighted by molar-refractivity contribution is 5.95. The summed E-state index contributed by atoms with van der Waals surface area (Å²) in [6, 6.07) is 13.7. The third-order valence-electron chi connectivity index (χ3n) is 5.63. The molecule has 0 unspecified atom stereocenters. The number of amides is 1. The predicted molar refractivity (Wildman–Crippen MR) is 121 cm³/mol. The Bertz CT molecular complexity index is 1040. The summed E-state index contributed by atoms with van der Waals surface area (Å²) in [6.07, 6.45) is 2.37. The maximum Gasteiger partial charge on any atom is 0.228 e. The number of methoxy groups -OCH3 is 2. The van der Waals surface area contributed by atoms with E-state index >= 15 is 0 Å². The number of benzene rings is 2. The van der Waals surface area contributed by atoms with Gasteiger partial charge in [0.25, 0.3) is 0 Å². The Morgan fingerprint density at radius 3 is 2.58 bits per heavy atom. The van der Waals surface area contributed by atoms with E-state index in [4.69, 9.17) is 14.2 Å². The molecule has 0 spiro atoms. The van der Waals surface area contributed by atoms with E-state index < -0.39 is 0 Å². The molecule has 1 aliphatic heterocycles. The first-order valence-electron chi connectivity index (χ1n) is 10.6. The highest BCUT2D eigenvalue weighted by Crippen LogP contribution is 2.28. The number of hydrogen-bond donors (Lipinski definition) is 1. The second-order valence-electron chi connectivity index (χ2n) is 7.65. The average Bonchev–Trinajstić information content (AvgIpc) is 3.20. The van der Waals surface area contributed by atoms with Gasteiger partial charge >= 0.3 is 0 Å². The van der Waals surface area contributed by atoms with Crippen molar-refractivity contribution in [3.8, 4) is 11.5 Å². The fourth-order valence-electron chi connectivity index (χ4n) is 3.93. The van der Waals surface area contributed by atoms with E-state index in [1.54, 1.807) is 14.2 Å². The zero-order chi connectivity index (χ0) is 21.6. The van der Waals surface area contributed by atoms with Gasteiger partial charge in [-0.15, -0.1) is 0 Å². The van der Waals surface area contributed by atoms with Crippen LogP contribution in [-0.2, 0) is 22.5 Å². The Morgan fingerprint density at radius 1 is 1.00 bits per heavy atom. The van der Waals surface area contributed by atoms with E-state index in [1.807, 2.05) is 30.3 Å². The minimum atomic E-state index is -0.0710. The van der Waals surface area contributed by atoms with Crippen LogP contribution in [0.2, 0.25) is 0 Å². The molecule has 0 radical (unpaired) electrons. The van der Waals surface area contributed by atoms with Gasteiger partial charge in [0.15, 0.2) is 11.5 Å². The van der Waals surface area contributed by atoms with Crippen LogP contribution in [0.3, 0.4) is 0 Å². The van der Waals surface area contributed by atoms with Crippen LogP contribution in [0.15, 0.2) is 48.7 Å². The van der Waals surface area contributed by atoms with Crippen LogP contribution in [0.4, 0.5) is 5.69 Å². The number of aromatic nitrogens is 1. The van der Waals surface area contributed by atoms with Crippen LogP contribution < -0.4 is 14.8 Å². The number of fused-ring (bicyclic) bond motifs is 1. The topological polar surface area (TPSA) is 65.0 Å². The molecule has 0 bridgehead atoms. The normalized spacial score (nSPS) is 14.5. The summed E-state index contributed by atoms with van der Waals surface area (Å²) in [7, 11) is 3.18. The van der Waals surface area contributed by atoms with Crippen molar-refractivity contribution in [1.82, 2.24) is 9.47 Å². The van der Waals surface area contributed by atoms with Crippen molar-refractivity contribution >= 4 is 22.5 Å². The number of carbonyl (C=O) groups is 1. The number of hydrogen-bond acceptors (Lipinski definition) is 5. The number of anilines is 1. The molecule has 4 rings (SSSR count). The summed E-state index contributed by atoms with van der Waals surface area (Å²) in [6.45, 7) is 5.58. The summed E-state index contributed by atoms with van der Waals surface area (Å²) >= 11 is 0. The van der Waals surface area contributed by atoms with Crippen LogP contribution in [0.5, 0.6) is 11.5 Å². The fraction of sp³-hybridized carbons (Fsp3) is 0.375. The van der Waals surface area contributed by atoms with Crippen molar-refractivity contribution in [3.63, 3.8) is 0 Å².